The number of carbonyl (C=O) groups is 1. The summed E-state index contributed by atoms with van der Waals surface area (Å²) in [6.07, 6.45) is 0. The predicted molar refractivity (Wildman–Crippen MR) is 83.4 cm³/mol. The Kier molecular flexibility index (Phi) is 4.92. The number of carbonyl (C=O) groups excluding carboxylic acids is 1. The molecule has 23 heavy (non-hydrogen) atoms. The highest BCUT2D eigenvalue weighted by atomic mass is 19.1. The number of hydrogen-bond acceptors (Lipinski definition) is 4. The van der Waals surface area contributed by atoms with Gasteiger partial charge >= 0.3 is 11.7 Å². The molecular weight excluding hydrogens is 301 g/mol. The first-order valence-corrected chi connectivity index (χ1v) is 7.54. The highest BCUT2D eigenvalue weighted by molar-refractivity contribution is 5.75. The zero-order valence-electron chi connectivity index (χ0n) is 13.7. The zero-order chi connectivity index (χ0) is 17.1. The van der Waals surface area contributed by atoms with E-state index >= 15 is 0 Å². The second-order valence-electron chi connectivity index (χ2n) is 5.40. The lowest BCUT2D eigenvalue weighted by atomic mass is 10.0. The maximum atomic E-state index is 14.1. The van der Waals surface area contributed by atoms with Crippen molar-refractivity contribution in [2.75, 3.05) is 13.1 Å². The van der Waals surface area contributed by atoms with Crippen LogP contribution < -0.4 is 5.69 Å². The van der Waals surface area contributed by atoms with Crippen LogP contribution in [0.5, 0.6) is 0 Å². The molecule has 2 aromatic rings. The first-order chi connectivity index (χ1) is 10.9. The topological polar surface area (TPSA) is 73.0 Å². The third kappa shape index (κ3) is 3.15. The Morgan fingerprint density at radius 3 is 2.43 bits per heavy atom. The van der Waals surface area contributed by atoms with Crippen LogP contribution in [0.2, 0.25) is 0 Å². The maximum absolute atomic E-state index is 14.1. The molecule has 0 unspecified atom stereocenters. The molecule has 124 valence electrons. The monoisotopic (exact) mass is 321 g/mol. The maximum Gasteiger partial charge on any atom is 0.377 e. The van der Waals surface area contributed by atoms with Crippen LogP contribution in [0.15, 0.2) is 23.0 Å². The van der Waals surface area contributed by atoms with Gasteiger partial charge in [-0.3, -0.25) is 0 Å². The minimum Gasteiger partial charge on any atom is -0.323 e. The van der Waals surface area contributed by atoms with Gasteiger partial charge in [0.1, 0.15) is 5.82 Å². The fourth-order valence-electron chi connectivity index (χ4n) is 2.27. The van der Waals surface area contributed by atoms with Crippen molar-refractivity contribution in [3.05, 3.63) is 40.1 Å². The third-order valence-corrected chi connectivity index (χ3v) is 3.65. The van der Waals surface area contributed by atoms with E-state index in [1.54, 1.807) is 26.0 Å². The largest absolute Gasteiger partial charge is 0.377 e. The lowest BCUT2D eigenvalue weighted by molar-refractivity contribution is 0.200. The van der Waals surface area contributed by atoms with Gasteiger partial charge in [0.25, 0.3) is 0 Å². The molecule has 1 heterocycles. The van der Waals surface area contributed by atoms with Gasteiger partial charge < -0.3 is 4.90 Å². The fraction of sp³-hybridized carbons (Fsp3) is 0.467. The lowest BCUT2D eigenvalue weighted by Gasteiger charge is -2.16. The molecule has 0 aliphatic heterocycles. The molecule has 8 heteroatoms. The number of amides is 1. The third-order valence-electron chi connectivity index (χ3n) is 3.65. The summed E-state index contributed by atoms with van der Waals surface area (Å²) in [5.74, 6) is -0.394. The highest BCUT2D eigenvalue weighted by Crippen LogP contribution is 2.20. The van der Waals surface area contributed by atoms with Crippen LogP contribution in [0.3, 0.4) is 0 Å². The summed E-state index contributed by atoms with van der Waals surface area (Å²) < 4.78 is 15.7. The van der Waals surface area contributed by atoms with Crippen molar-refractivity contribution in [2.24, 2.45) is 0 Å². The Hall–Kier alpha value is -2.51. The van der Waals surface area contributed by atoms with Gasteiger partial charge in [-0.2, -0.15) is 4.68 Å². The van der Waals surface area contributed by atoms with Crippen LogP contribution in [0.1, 0.15) is 39.2 Å². The van der Waals surface area contributed by atoms with E-state index in [4.69, 9.17) is 0 Å². The standard InChI is InChI=1S/C15H20FN5O2/c1-5-19(6-2)14(22)21-15(23)20(17-18-21)11-7-8-12(10(3)4)13(16)9-11/h7-10H,5-6H2,1-4H3. The Labute approximate surface area is 133 Å². The van der Waals surface area contributed by atoms with Crippen molar-refractivity contribution in [1.29, 1.82) is 0 Å². The molecule has 1 aromatic heterocycles. The quantitative estimate of drug-likeness (QED) is 0.807. The van der Waals surface area contributed by atoms with Crippen LogP contribution >= 0.6 is 0 Å². The summed E-state index contributed by atoms with van der Waals surface area (Å²) in [5.41, 5.74) is 0.0579. The normalized spacial score (nSPS) is 11.0. The number of tetrazole rings is 1. The van der Waals surface area contributed by atoms with Gasteiger partial charge in [0, 0.05) is 19.2 Å². The Morgan fingerprint density at radius 1 is 1.26 bits per heavy atom. The van der Waals surface area contributed by atoms with Gasteiger partial charge in [0.2, 0.25) is 0 Å². The summed E-state index contributed by atoms with van der Waals surface area (Å²) in [7, 11) is 0. The van der Waals surface area contributed by atoms with E-state index in [0.29, 0.717) is 23.3 Å². The van der Waals surface area contributed by atoms with Crippen LogP contribution in [-0.4, -0.2) is 43.8 Å². The van der Waals surface area contributed by atoms with Crippen molar-refractivity contribution >= 4 is 6.03 Å². The highest BCUT2D eigenvalue weighted by Gasteiger charge is 2.20. The summed E-state index contributed by atoms with van der Waals surface area (Å²) in [4.78, 5) is 25.9. The number of benzene rings is 1. The molecule has 2 rings (SSSR count). The second-order valence-corrected chi connectivity index (χ2v) is 5.40. The first kappa shape index (κ1) is 16.9. The van der Waals surface area contributed by atoms with Crippen molar-refractivity contribution in [1.82, 2.24) is 24.7 Å². The fourth-order valence-corrected chi connectivity index (χ4v) is 2.27. The molecule has 0 radical (unpaired) electrons. The Morgan fingerprint density at radius 2 is 1.91 bits per heavy atom. The molecule has 0 fully saturated rings. The number of aromatic nitrogens is 4. The average Bonchev–Trinajstić information content (AvgIpc) is 2.89. The number of nitrogens with zero attached hydrogens (tertiary/aromatic N) is 5. The number of hydrogen-bond donors (Lipinski definition) is 0. The minimum atomic E-state index is -0.724. The summed E-state index contributed by atoms with van der Waals surface area (Å²) >= 11 is 0. The van der Waals surface area contributed by atoms with E-state index in [2.05, 4.69) is 10.4 Å². The molecule has 0 aliphatic rings. The summed E-state index contributed by atoms with van der Waals surface area (Å²) in [6.45, 7) is 8.26. The van der Waals surface area contributed by atoms with Crippen LogP contribution in [0.4, 0.5) is 9.18 Å². The van der Waals surface area contributed by atoms with Crippen LogP contribution in [0, 0.1) is 5.82 Å². The van der Waals surface area contributed by atoms with Crippen molar-refractivity contribution < 1.29 is 9.18 Å². The molecule has 1 aromatic carbocycles. The molecule has 0 spiro atoms. The number of halogens is 1. The van der Waals surface area contributed by atoms with Crippen LogP contribution in [-0.2, 0) is 0 Å². The predicted octanol–water partition coefficient (Wildman–Crippen LogP) is 2.00. The van der Waals surface area contributed by atoms with E-state index in [-0.39, 0.29) is 11.6 Å². The Bertz CT molecular complexity index is 761. The molecular formula is C15H20FN5O2. The molecule has 0 atom stereocenters. The van der Waals surface area contributed by atoms with E-state index in [1.165, 1.54) is 11.0 Å². The van der Waals surface area contributed by atoms with Crippen LogP contribution in [0.25, 0.3) is 5.69 Å². The smallest absolute Gasteiger partial charge is 0.323 e. The Balaban J connectivity index is 2.42. The molecule has 0 aliphatic carbocycles. The summed E-state index contributed by atoms with van der Waals surface area (Å²) in [5, 5.41) is 7.28. The van der Waals surface area contributed by atoms with Gasteiger partial charge in [0.15, 0.2) is 0 Å². The van der Waals surface area contributed by atoms with Gasteiger partial charge in [-0.25, -0.2) is 14.0 Å². The van der Waals surface area contributed by atoms with Gasteiger partial charge in [-0.15, -0.1) is 4.68 Å². The molecule has 0 bridgehead atoms. The SMILES string of the molecule is CCN(CC)C(=O)n1nnn(-c2ccc(C(C)C)c(F)c2)c1=O. The average molecular weight is 321 g/mol. The van der Waals surface area contributed by atoms with Crippen molar-refractivity contribution in [3.8, 4) is 5.69 Å². The molecule has 0 saturated carbocycles. The molecule has 0 saturated heterocycles. The van der Waals surface area contributed by atoms with E-state index in [9.17, 15) is 14.0 Å². The van der Waals surface area contributed by atoms with Gasteiger partial charge in [-0.1, -0.05) is 19.9 Å². The molecule has 0 N–H and O–H groups in total. The first-order valence-electron chi connectivity index (χ1n) is 7.54. The van der Waals surface area contributed by atoms with E-state index in [1.807, 2.05) is 13.8 Å². The lowest BCUT2D eigenvalue weighted by Crippen LogP contribution is -2.40. The molecule has 7 nitrogen and oxygen atoms in total. The number of rotatable bonds is 4. The van der Waals surface area contributed by atoms with Gasteiger partial charge in [-0.05, 0) is 41.8 Å². The molecule has 1 amide bonds. The van der Waals surface area contributed by atoms with E-state index in [0.717, 1.165) is 4.68 Å². The summed E-state index contributed by atoms with van der Waals surface area (Å²) in [6, 6.07) is 3.86. The second kappa shape index (κ2) is 6.72. The minimum absolute atomic E-state index is 0.0284. The van der Waals surface area contributed by atoms with Gasteiger partial charge in [0.05, 0.1) is 5.69 Å². The van der Waals surface area contributed by atoms with Crippen molar-refractivity contribution in [3.63, 3.8) is 0 Å². The zero-order valence-corrected chi connectivity index (χ0v) is 13.7. The van der Waals surface area contributed by atoms with E-state index < -0.39 is 17.5 Å². The van der Waals surface area contributed by atoms with Crippen molar-refractivity contribution in [2.45, 2.75) is 33.6 Å².